The summed E-state index contributed by atoms with van der Waals surface area (Å²) in [5, 5.41) is 8.08. The molecule has 0 spiro atoms. The molecule has 0 saturated carbocycles. The zero-order valence-corrected chi connectivity index (χ0v) is 26.3. The van der Waals surface area contributed by atoms with Crippen LogP contribution in [0.25, 0.3) is 94.1 Å². The predicted molar refractivity (Wildman–Crippen MR) is 201 cm³/mol. The van der Waals surface area contributed by atoms with Crippen molar-refractivity contribution in [2.45, 2.75) is 0 Å². The summed E-state index contributed by atoms with van der Waals surface area (Å²) < 4.78 is 2.32. The van der Waals surface area contributed by atoms with Crippen LogP contribution in [0.3, 0.4) is 0 Å². The lowest BCUT2D eigenvalue weighted by Crippen LogP contribution is -2.01. The molecule has 49 heavy (non-hydrogen) atoms. The Balaban J connectivity index is 1.24. The van der Waals surface area contributed by atoms with Crippen molar-refractivity contribution in [3.8, 4) is 39.9 Å². The normalized spacial score (nSPS) is 11.7. The van der Waals surface area contributed by atoms with E-state index in [1.54, 1.807) is 0 Å². The topological polar surface area (TPSA) is 56.5 Å². The van der Waals surface area contributed by atoms with E-state index < -0.39 is 0 Å². The van der Waals surface area contributed by atoms with Crippen molar-refractivity contribution in [3.05, 3.63) is 164 Å². The largest absolute Gasteiger partial charge is 0.309 e. The molecule has 5 nitrogen and oxygen atoms in total. The summed E-state index contributed by atoms with van der Waals surface area (Å²) in [6, 6.07) is 54.9. The van der Waals surface area contributed by atoms with E-state index in [9.17, 15) is 0 Å². The van der Waals surface area contributed by atoms with Crippen LogP contribution in [0.5, 0.6) is 0 Å². The van der Waals surface area contributed by atoms with Gasteiger partial charge in [-0.05, 0) is 64.0 Å². The minimum atomic E-state index is 0.621. The van der Waals surface area contributed by atoms with Crippen LogP contribution in [-0.2, 0) is 0 Å². The van der Waals surface area contributed by atoms with E-state index >= 15 is 0 Å². The van der Waals surface area contributed by atoms with Gasteiger partial charge in [0, 0.05) is 44.7 Å². The van der Waals surface area contributed by atoms with E-state index in [2.05, 4.69) is 143 Å². The van der Waals surface area contributed by atoms with Gasteiger partial charge in [-0.1, -0.05) is 115 Å². The molecule has 0 amide bonds. The van der Waals surface area contributed by atoms with Crippen LogP contribution in [0.4, 0.5) is 0 Å². The molecular weight excluding hydrogens is 599 g/mol. The second kappa shape index (κ2) is 10.9. The van der Waals surface area contributed by atoms with Crippen LogP contribution in [0.1, 0.15) is 0 Å². The summed E-state index contributed by atoms with van der Waals surface area (Å²) in [5.74, 6) is 1.88. The molecule has 7 aromatic carbocycles. The van der Waals surface area contributed by atoms with Gasteiger partial charge in [-0.15, -0.1) is 0 Å². The van der Waals surface area contributed by atoms with Gasteiger partial charge in [-0.25, -0.2) is 15.0 Å². The molecule has 228 valence electrons. The van der Waals surface area contributed by atoms with Crippen molar-refractivity contribution >= 4 is 54.3 Å². The fraction of sp³-hybridized carbons (Fsp3) is 0. The van der Waals surface area contributed by atoms with Crippen LogP contribution in [0.2, 0.25) is 0 Å². The average Bonchev–Trinajstić information content (AvgIpc) is 3.52. The van der Waals surface area contributed by atoms with Crippen molar-refractivity contribution in [1.82, 2.24) is 24.5 Å². The van der Waals surface area contributed by atoms with E-state index in [0.717, 1.165) is 60.5 Å². The Morgan fingerprint density at radius 3 is 1.84 bits per heavy atom. The minimum absolute atomic E-state index is 0.621. The fourth-order valence-corrected chi connectivity index (χ4v) is 7.26. The molecule has 3 aromatic heterocycles. The Morgan fingerprint density at radius 2 is 1.04 bits per heavy atom. The summed E-state index contributed by atoms with van der Waals surface area (Å²) in [5.41, 5.74) is 7.14. The van der Waals surface area contributed by atoms with Crippen molar-refractivity contribution in [2.24, 2.45) is 0 Å². The van der Waals surface area contributed by atoms with E-state index in [1.165, 1.54) is 16.2 Å². The van der Waals surface area contributed by atoms with E-state index in [0.29, 0.717) is 17.5 Å². The first-order valence-corrected chi connectivity index (χ1v) is 16.4. The van der Waals surface area contributed by atoms with E-state index in [1.807, 2.05) is 30.5 Å². The first kappa shape index (κ1) is 27.4. The van der Waals surface area contributed by atoms with Gasteiger partial charge in [0.1, 0.15) is 0 Å². The summed E-state index contributed by atoms with van der Waals surface area (Å²) in [7, 11) is 0. The molecule has 0 aliphatic rings. The number of nitrogens with zero attached hydrogens (tertiary/aromatic N) is 5. The summed E-state index contributed by atoms with van der Waals surface area (Å²) in [4.78, 5) is 20.2. The molecule has 0 saturated heterocycles. The molecule has 0 radical (unpaired) electrons. The standard InChI is InChI=1S/C44H27N5/c1-2-12-28(13-3-1)42-46-43(30-15-10-16-31(26-30)49-39-21-8-6-18-33(39)34-19-7-9-22-40(34)49)48-44(47-42)37-27-29-14-4-5-17-32(29)41-35(37)23-24-38-36(41)20-11-25-45-38/h1-27H. The first-order chi connectivity index (χ1) is 24.3. The Bertz CT molecular complexity index is 2820. The maximum atomic E-state index is 5.24. The molecule has 5 heteroatoms. The van der Waals surface area contributed by atoms with Crippen molar-refractivity contribution in [2.75, 3.05) is 0 Å². The maximum absolute atomic E-state index is 5.24. The highest BCUT2D eigenvalue weighted by Crippen LogP contribution is 2.39. The Hall–Kier alpha value is -6.72. The summed E-state index contributed by atoms with van der Waals surface area (Å²) in [6.07, 6.45) is 1.85. The third-order valence-corrected chi connectivity index (χ3v) is 9.46. The third-order valence-electron chi connectivity index (χ3n) is 9.46. The van der Waals surface area contributed by atoms with Crippen LogP contribution in [-0.4, -0.2) is 24.5 Å². The lowest BCUT2D eigenvalue weighted by atomic mass is 9.94. The zero-order chi connectivity index (χ0) is 32.3. The van der Waals surface area contributed by atoms with Gasteiger partial charge < -0.3 is 4.57 Å². The first-order valence-electron chi connectivity index (χ1n) is 16.4. The number of hydrogen-bond donors (Lipinski definition) is 0. The minimum Gasteiger partial charge on any atom is -0.309 e. The Morgan fingerprint density at radius 1 is 0.408 bits per heavy atom. The molecule has 0 aliphatic heterocycles. The molecule has 0 N–H and O–H groups in total. The van der Waals surface area contributed by atoms with Gasteiger partial charge in [0.05, 0.1) is 16.6 Å². The molecule has 0 atom stereocenters. The van der Waals surface area contributed by atoms with Crippen LogP contribution in [0, 0.1) is 0 Å². The SMILES string of the molecule is c1ccc(-c2nc(-c3cccc(-n4c5ccccc5c5ccccc54)c3)nc(-c3cc4ccccc4c4c3ccc3ncccc34)n2)cc1. The second-order valence-corrected chi connectivity index (χ2v) is 12.3. The van der Waals surface area contributed by atoms with Gasteiger partial charge in [0.25, 0.3) is 0 Å². The molecule has 10 rings (SSSR count). The monoisotopic (exact) mass is 625 g/mol. The molecule has 3 heterocycles. The number of fused-ring (bicyclic) bond motifs is 8. The lowest BCUT2D eigenvalue weighted by molar-refractivity contribution is 1.07. The smallest absolute Gasteiger partial charge is 0.164 e. The number of aromatic nitrogens is 5. The second-order valence-electron chi connectivity index (χ2n) is 12.3. The highest BCUT2D eigenvalue weighted by atomic mass is 15.0. The van der Waals surface area contributed by atoms with Crippen molar-refractivity contribution in [1.29, 1.82) is 0 Å². The van der Waals surface area contributed by atoms with Crippen LogP contribution in [0.15, 0.2) is 164 Å². The quantitative estimate of drug-likeness (QED) is 0.183. The van der Waals surface area contributed by atoms with Gasteiger partial charge in [0.15, 0.2) is 17.5 Å². The number of hydrogen-bond acceptors (Lipinski definition) is 4. The number of benzene rings is 7. The van der Waals surface area contributed by atoms with Crippen molar-refractivity contribution in [3.63, 3.8) is 0 Å². The van der Waals surface area contributed by atoms with E-state index in [4.69, 9.17) is 15.0 Å². The zero-order valence-electron chi connectivity index (χ0n) is 26.3. The lowest BCUT2D eigenvalue weighted by Gasteiger charge is -2.14. The summed E-state index contributed by atoms with van der Waals surface area (Å²) in [6.45, 7) is 0. The van der Waals surface area contributed by atoms with E-state index in [-0.39, 0.29) is 0 Å². The molecule has 0 bridgehead atoms. The molecular formula is C44H27N5. The molecule has 0 fully saturated rings. The molecule has 0 aliphatic carbocycles. The van der Waals surface area contributed by atoms with Gasteiger partial charge in [0.2, 0.25) is 0 Å². The van der Waals surface area contributed by atoms with Gasteiger partial charge in [-0.2, -0.15) is 0 Å². The molecule has 0 unspecified atom stereocenters. The maximum Gasteiger partial charge on any atom is 0.164 e. The third kappa shape index (κ3) is 4.40. The predicted octanol–water partition coefficient (Wildman–Crippen LogP) is 10.8. The molecule has 10 aromatic rings. The summed E-state index contributed by atoms with van der Waals surface area (Å²) >= 11 is 0. The van der Waals surface area contributed by atoms with Gasteiger partial charge >= 0.3 is 0 Å². The number of pyridine rings is 1. The highest BCUT2D eigenvalue weighted by Gasteiger charge is 2.18. The Kier molecular flexibility index (Phi) is 6.11. The number of para-hydroxylation sites is 2. The Labute approximate surface area is 281 Å². The average molecular weight is 626 g/mol. The van der Waals surface area contributed by atoms with Crippen LogP contribution < -0.4 is 0 Å². The number of rotatable bonds is 4. The highest BCUT2D eigenvalue weighted by molar-refractivity contribution is 6.23. The van der Waals surface area contributed by atoms with Crippen LogP contribution >= 0.6 is 0 Å². The fourth-order valence-electron chi connectivity index (χ4n) is 7.26. The van der Waals surface area contributed by atoms with Gasteiger partial charge in [-0.3, -0.25) is 4.98 Å². The van der Waals surface area contributed by atoms with Crippen molar-refractivity contribution < 1.29 is 0 Å².